The molecule has 1 rings (SSSR count). The predicted octanol–water partition coefficient (Wildman–Crippen LogP) is -0.263. The summed E-state index contributed by atoms with van der Waals surface area (Å²) in [6.07, 6.45) is 1.11. The first-order valence-electron chi connectivity index (χ1n) is 6.94. The Kier molecular flexibility index (Phi) is 5.38. The van der Waals surface area contributed by atoms with E-state index in [1.54, 1.807) is 30.6 Å². The number of hydrogen-bond donors (Lipinski definition) is 0. The molecular weight excluding hydrogens is 294 g/mol. The molecular formula is C13H25N3O4S. The summed E-state index contributed by atoms with van der Waals surface area (Å²) < 4.78 is 24.9. The smallest absolute Gasteiger partial charge is 0.238 e. The van der Waals surface area contributed by atoms with Crippen molar-refractivity contribution in [3.63, 3.8) is 0 Å². The van der Waals surface area contributed by atoms with Crippen LogP contribution in [0.4, 0.5) is 0 Å². The van der Waals surface area contributed by atoms with Gasteiger partial charge in [0.25, 0.3) is 0 Å². The molecule has 7 nitrogen and oxygen atoms in total. The highest BCUT2D eigenvalue weighted by molar-refractivity contribution is 7.88. The first kappa shape index (κ1) is 17.9. The van der Waals surface area contributed by atoms with Gasteiger partial charge < -0.3 is 9.80 Å². The first-order chi connectivity index (χ1) is 9.43. The Bertz CT molecular complexity index is 502. The number of piperazine rings is 1. The van der Waals surface area contributed by atoms with Crippen molar-refractivity contribution in [1.29, 1.82) is 0 Å². The van der Waals surface area contributed by atoms with Crippen LogP contribution >= 0.6 is 0 Å². The molecule has 0 unspecified atom stereocenters. The molecule has 0 saturated carbocycles. The van der Waals surface area contributed by atoms with Gasteiger partial charge in [-0.2, -0.15) is 4.31 Å². The molecule has 1 saturated heterocycles. The minimum atomic E-state index is -3.46. The zero-order valence-electron chi connectivity index (χ0n) is 13.4. The van der Waals surface area contributed by atoms with E-state index in [0.717, 1.165) is 6.26 Å². The first-order valence-corrected chi connectivity index (χ1v) is 8.79. The van der Waals surface area contributed by atoms with Crippen LogP contribution < -0.4 is 0 Å². The summed E-state index contributed by atoms with van der Waals surface area (Å²) in [4.78, 5) is 26.8. The molecule has 0 N–H and O–H groups in total. The van der Waals surface area contributed by atoms with Crippen LogP contribution in [0.5, 0.6) is 0 Å². The summed E-state index contributed by atoms with van der Waals surface area (Å²) in [5.41, 5.74) is -0.648. The molecule has 0 spiro atoms. The lowest BCUT2D eigenvalue weighted by molar-refractivity contribution is -0.138. The molecule has 1 aliphatic heterocycles. The van der Waals surface area contributed by atoms with Crippen LogP contribution in [0.3, 0.4) is 0 Å². The van der Waals surface area contributed by atoms with Crippen molar-refractivity contribution in [1.82, 2.24) is 14.1 Å². The van der Waals surface area contributed by atoms with Gasteiger partial charge in [0.15, 0.2) is 0 Å². The van der Waals surface area contributed by atoms with Crippen LogP contribution in [0.1, 0.15) is 27.7 Å². The van der Waals surface area contributed by atoms with Gasteiger partial charge in [0.05, 0.1) is 12.8 Å². The molecule has 8 heteroatoms. The fourth-order valence-corrected chi connectivity index (χ4v) is 3.69. The van der Waals surface area contributed by atoms with Crippen LogP contribution in [0.2, 0.25) is 0 Å². The molecule has 1 heterocycles. The average Bonchev–Trinajstić information content (AvgIpc) is 2.33. The highest BCUT2D eigenvalue weighted by Gasteiger charge is 2.33. The van der Waals surface area contributed by atoms with E-state index in [4.69, 9.17) is 0 Å². The molecule has 0 aromatic carbocycles. The van der Waals surface area contributed by atoms with Crippen molar-refractivity contribution >= 4 is 21.8 Å². The molecule has 21 heavy (non-hydrogen) atoms. The fraction of sp³-hybridized carbons (Fsp3) is 0.846. The third kappa shape index (κ3) is 4.96. The maximum Gasteiger partial charge on any atom is 0.238 e. The fourth-order valence-electron chi connectivity index (χ4n) is 2.35. The summed E-state index contributed by atoms with van der Waals surface area (Å²) in [6.45, 7) is 8.50. The second-order valence-corrected chi connectivity index (χ2v) is 8.23. The van der Waals surface area contributed by atoms with Gasteiger partial charge in [-0.15, -0.1) is 0 Å². The van der Waals surface area contributed by atoms with Gasteiger partial charge in [0.1, 0.15) is 0 Å². The summed E-state index contributed by atoms with van der Waals surface area (Å²) >= 11 is 0. The van der Waals surface area contributed by atoms with Crippen molar-refractivity contribution < 1.29 is 18.0 Å². The molecule has 122 valence electrons. The second kappa shape index (κ2) is 6.31. The standard InChI is InChI=1S/C13H25N3O4S/c1-11(17)14-6-8-15(9-7-14)12(18)10-16(13(2,3)4)21(5,19)20/h6-10H2,1-5H3. The predicted molar refractivity (Wildman–Crippen MR) is 80.1 cm³/mol. The van der Waals surface area contributed by atoms with Gasteiger partial charge in [-0.05, 0) is 20.8 Å². The van der Waals surface area contributed by atoms with Crippen molar-refractivity contribution in [2.75, 3.05) is 39.0 Å². The second-order valence-electron chi connectivity index (χ2n) is 6.33. The van der Waals surface area contributed by atoms with Crippen molar-refractivity contribution in [2.45, 2.75) is 33.2 Å². The van der Waals surface area contributed by atoms with Crippen molar-refractivity contribution in [3.8, 4) is 0 Å². The molecule has 1 aliphatic rings. The quantitative estimate of drug-likeness (QED) is 0.718. The van der Waals surface area contributed by atoms with E-state index in [-0.39, 0.29) is 18.4 Å². The molecule has 0 bridgehead atoms. The number of hydrogen-bond acceptors (Lipinski definition) is 4. The third-order valence-electron chi connectivity index (χ3n) is 3.51. The number of amides is 2. The normalized spacial score (nSPS) is 17.2. The highest BCUT2D eigenvalue weighted by Crippen LogP contribution is 2.17. The van der Waals surface area contributed by atoms with Crippen LogP contribution in [-0.4, -0.2) is 78.9 Å². The van der Waals surface area contributed by atoms with Gasteiger partial charge in [0, 0.05) is 38.6 Å². The van der Waals surface area contributed by atoms with E-state index in [0.29, 0.717) is 26.2 Å². The topological polar surface area (TPSA) is 78.0 Å². The number of rotatable bonds is 3. The Morgan fingerprint density at radius 1 is 1.05 bits per heavy atom. The molecule has 0 aromatic rings. The summed E-state index contributed by atoms with van der Waals surface area (Å²) in [6, 6.07) is 0. The molecule has 0 radical (unpaired) electrons. The van der Waals surface area contributed by atoms with E-state index in [9.17, 15) is 18.0 Å². The van der Waals surface area contributed by atoms with E-state index in [2.05, 4.69) is 0 Å². The Balaban J connectivity index is 2.70. The van der Waals surface area contributed by atoms with Gasteiger partial charge in [-0.1, -0.05) is 0 Å². The molecule has 1 fully saturated rings. The van der Waals surface area contributed by atoms with Gasteiger partial charge >= 0.3 is 0 Å². The Labute approximate surface area is 126 Å². The average molecular weight is 319 g/mol. The Morgan fingerprint density at radius 3 is 1.81 bits per heavy atom. The van der Waals surface area contributed by atoms with Gasteiger partial charge in [-0.3, -0.25) is 9.59 Å². The highest BCUT2D eigenvalue weighted by atomic mass is 32.2. The van der Waals surface area contributed by atoms with Gasteiger partial charge in [-0.25, -0.2) is 8.42 Å². The Morgan fingerprint density at radius 2 is 1.48 bits per heavy atom. The van der Waals surface area contributed by atoms with E-state index in [1.807, 2.05) is 0 Å². The summed E-state index contributed by atoms with van der Waals surface area (Å²) in [7, 11) is -3.46. The van der Waals surface area contributed by atoms with Crippen LogP contribution in [0.15, 0.2) is 0 Å². The molecule has 0 aromatic heterocycles. The summed E-state index contributed by atoms with van der Waals surface area (Å²) in [5.74, 6) is -0.229. The lowest BCUT2D eigenvalue weighted by Gasteiger charge is -2.37. The third-order valence-corrected chi connectivity index (χ3v) is 4.98. The van der Waals surface area contributed by atoms with E-state index < -0.39 is 15.6 Å². The lowest BCUT2D eigenvalue weighted by atomic mass is 10.1. The molecule has 2 amide bonds. The van der Waals surface area contributed by atoms with Crippen LogP contribution in [0.25, 0.3) is 0 Å². The minimum absolute atomic E-state index is 0.00504. The zero-order valence-corrected chi connectivity index (χ0v) is 14.2. The monoisotopic (exact) mass is 319 g/mol. The number of carbonyl (C=O) groups is 2. The van der Waals surface area contributed by atoms with E-state index >= 15 is 0 Å². The van der Waals surface area contributed by atoms with Crippen LogP contribution in [0, 0.1) is 0 Å². The van der Waals surface area contributed by atoms with Gasteiger partial charge in [0.2, 0.25) is 21.8 Å². The number of nitrogens with zero attached hydrogens (tertiary/aromatic N) is 3. The van der Waals surface area contributed by atoms with Crippen molar-refractivity contribution in [2.24, 2.45) is 0 Å². The van der Waals surface area contributed by atoms with E-state index in [1.165, 1.54) is 11.2 Å². The number of carbonyl (C=O) groups excluding carboxylic acids is 2. The van der Waals surface area contributed by atoms with Crippen LogP contribution in [-0.2, 0) is 19.6 Å². The summed E-state index contributed by atoms with van der Waals surface area (Å²) in [5, 5.41) is 0. The van der Waals surface area contributed by atoms with Crippen molar-refractivity contribution in [3.05, 3.63) is 0 Å². The SMILES string of the molecule is CC(=O)N1CCN(C(=O)CN(C(C)(C)C)S(C)(=O)=O)CC1. The molecule has 0 aliphatic carbocycles. The Hall–Kier alpha value is -1.15. The lowest BCUT2D eigenvalue weighted by Crippen LogP contribution is -2.55. The minimum Gasteiger partial charge on any atom is -0.339 e. The maximum atomic E-state index is 12.3. The zero-order chi connectivity index (χ0) is 16.4. The number of sulfonamides is 1. The molecule has 0 atom stereocenters. The largest absolute Gasteiger partial charge is 0.339 e. The maximum absolute atomic E-state index is 12.3.